The molecule has 1 saturated heterocycles. The molecular formula is C19H21N3O4. The molecule has 3 rings (SSSR count). The summed E-state index contributed by atoms with van der Waals surface area (Å²) < 4.78 is 10.9. The van der Waals surface area contributed by atoms with Crippen molar-refractivity contribution in [2.75, 3.05) is 19.8 Å². The number of nitrogens with zero attached hydrogens (tertiary/aromatic N) is 2. The molecule has 1 aliphatic rings. The third-order valence-corrected chi connectivity index (χ3v) is 4.83. The topological polar surface area (TPSA) is 99.3 Å². The summed E-state index contributed by atoms with van der Waals surface area (Å²) in [4.78, 5) is 29.1. The van der Waals surface area contributed by atoms with E-state index >= 15 is 0 Å². The number of nitriles is 1. The summed E-state index contributed by atoms with van der Waals surface area (Å²) in [7, 11) is 0. The molecule has 26 heavy (non-hydrogen) atoms. The van der Waals surface area contributed by atoms with E-state index in [-0.39, 0.29) is 29.5 Å². The molecule has 7 nitrogen and oxygen atoms in total. The lowest BCUT2D eigenvalue weighted by Gasteiger charge is -2.34. The smallest absolute Gasteiger partial charge is 0.266 e. The second kappa shape index (κ2) is 7.58. The fraction of sp³-hybridized carbons (Fsp3) is 0.421. The lowest BCUT2D eigenvalue weighted by molar-refractivity contribution is -0.140. The average Bonchev–Trinajstić information content (AvgIpc) is 3.16. The van der Waals surface area contributed by atoms with Gasteiger partial charge in [-0.3, -0.25) is 9.59 Å². The van der Waals surface area contributed by atoms with Crippen molar-refractivity contribution in [3.8, 4) is 6.07 Å². The van der Waals surface area contributed by atoms with Crippen LogP contribution in [0, 0.1) is 25.2 Å². The first kappa shape index (κ1) is 18.0. The summed E-state index contributed by atoms with van der Waals surface area (Å²) in [5, 5.41) is 9.17. The number of H-pyrrole nitrogens is 1. The number of amides is 1. The van der Waals surface area contributed by atoms with E-state index in [4.69, 9.17) is 14.4 Å². The molecule has 3 heterocycles. The Balaban J connectivity index is 1.76. The van der Waals surface area contributed by atoms with Crippen molar-refractivity contribution in [1.29, 1.82) is 5.26 Å². The van der Waals surface area contributed by atoms with Crippen LogP contribution in [-0.4, -0.2) is 35.5 Å². The van der Waals surface area contributed by atoms with Gasteiger partial charge in [0.15, 0.2) is 0 Å². The fourth-order valence-corrected chi connectivity index (χ4v) is 3.41. The van der Waals surface area contributed by atoms with Crippen LogP contribution in [0.4, 0.5) is 0 Å². The molecule has 0 radical (unpaired) electrons. The highest BCUT2D eigenvalue weighted by Gasteiger charge is 2.30. The monoisotopic (exact) mass is 355 g/mol. The van der Waals surface area contributed by atoms with E-state index in [1.807, 2.05) is 12.1 Å². The van der Waals surface area contributed by atoms with E-state index < -0.39 is 0 Å². The molecule has 0 spiro atoms. The molecule has 1 fully saturated rings. The summed E-state index contributed by atoms with van der Waals surface area (Å²) in [5.41, 5.74) is 1.91. The van der Waals surface area contributed by atoms with Crippen molar-refractivity contribution in [2.45, 2.75) is 32.7 Å². The predicted molar refractivity (Wildman–Crippen MR) is 93.6 cm³/mol. The van der Waals surface area contributed by atoms with Crippen molar-refractivity contribution in [3.63, 3.8) is 0 Å². The van der Waals surface area contributed by atoms with Crippen LogP contribution in [0.2, 0.25) is 0 Å². The Kier molecular flexibility index (Phi) is 5.24. The fourth-order valence-electron chi connectivity index (χ4n) is 3.41. The van der Waals surface area contributed by atoms with Crippen molar-refractivity contribution in [1.82, 2.24) is 9.88 Å². The predicted octanol–water partition coefficient (Wildman–Crippen LogP) is 1.99. The molecular weight excluding hydrogens is 334 g/mol. The van der Waals surface area contributed by atoms with Gasteiger partial charge in [0.1, 0.15) is 23.4 Å². The molecule has 1 N–H and O–H groups in total. The summed E-state index contributed by atoms with van der Waals surface area (Å²) in [6.45, 7) is 4.96. The Labute approximate surface area is 151 Å². The third-order valence-electron chi connectivity index (χ3n) is 4.83. The number of carbonyl (C=O) groups is 1. The highest BCUT2D eigenvalue weighted by Crippen LogP contribution is 2.26. The number of rotatable bonds is 4. The second-order valence-corrected chi connectivity index (χ2v) is 6.36. The Morgan fingerprint density at radius 2 is 2.27 bits per heavy atom. The largest absolute Gasteiger partial charge is 0.467 e. The molecule has 2 aromatic heterocycles. The van der Waals surface area contributed by atoms with Crippen LogP contribution in [0.5, 0.6) is 0 Å². The quantitative estimate of drug-likeness (QED) is 0.904. The van der Waals surface area contributed by atoms with Gasteiger partial charge >= 0.3 is 0 Å². The first-order valence-corrected chi connectivity index (χ1v) is 8.56. The van der Waals surface area contributed by atoms with E-state index in [2.05, 4.69) is 4.98 Å². The minimum atomic E-state index is -0.386. The van der Waals surface area contributed by atoms with Gasteiger partial charge in [0.25, 0.3) is 5.56 Å². The van der Waals surface area contributed by atoms with Crippen LogP contribution >= 0.6 is 0 Å². The number of pyridine rings is 1. The molecule has 2 aromatic rings. The van der Waals surface area contributed by atoms with E-state index in [1.54, 1.807) is 31.1 Å². The molecule has 7 heteroatoms. The van der Waals surface area contributed by atoms with Gasteiger partial charge in [-0.15, -0.1) is 0 Å². The number of nitrogens with one attached hydrogen (secondary N) is 1. The van der Waals surface area contributed by atoms with Crippen LogP contribution in [0.25, 0.3) is 0 Å². The second-order valence-electron chi connectivity index (χ2n) is 6.36. The lowest BCUT2D eigenvalue weighted by Crippen LogP contribution is -2.43. The number of furan rings is 1. The van der Waals surface area contributed by atoms with Crippen LogP contribution in [0.3, 0.4) is 0 Å². The maximum absolute atomic E-state index is 12.8. The van der Waals surface area contributed by atoms with Gasteiger partial charge in [0.2, 0.25) is 5.91 Å². The van der Waals surface area contributed by atoms with Crippen molar-refractivity contribution < 1.29 is 13.9 Å². The van der Waals surface area contributed by atoms with Crippen molar-refractivity contribution in [3.05, 3.63) is 56.9 Å². The Morgan fingerprint density at radius 3 is 2.96 bits per heavy atom. The Hall–Kier alpha value is -2.85. The normalized spacial score (nSPS) is 17.1. The minimum absolute atomic E-state index is 0.00166. The van der Waals surface area contributed by atoms with E-state index in [1.165, 1.54) is 0 Å². The number of carbonyl (C=O) groups excluding carboxylic acids is 1. The van der Waals surface area contributed by atoms with Gasteiger partial charge in [-0.05, 0) is 43.5 Å². The zero-order valence-electron chi connectivity index (χ0n) is 14.9. The van der Waals surface area contributed by atoms with Crippen LogP contribution in [-0.2, 0) is 16.0 Å². The van der Waals surface area contributed by atoms with Gasteiger partial charge in [-0.1, -0.05) is 0 Å². The van der Waals surface area contributed by atoms with Gasteiger partial charge in [-0.25, -0.2) is 0 Å². The molecule has 0 saturated carbocycles. The lowest BCUT2D eigenvalue weighted by atomic mass is 9.98. The molecule has 1 unspecified atom stereocenters. The summed E-state index contributed by atoms with van der Waals surface area (Å²) >= 11 is 0. The molecule has 0 aliphatic carbocycles. The van der Waals surface area contributed by atoms with Gasteiger partial charge in [0, 0.05) is 18.7 Å². The van der Waals surface area contributed by atoms with E-state index in [0.717, 1.165) is 5.56 Å². The SMILES string of the molecule is Cc1[nH]c(=O)c(C#N)c(C)c1CCC(=O)N1CCOCC1c1ccco1. The molecule has 0 aromatic carbocycles. The number of morpholine rings is 1. The zero-order valence-corrected chi connectivity index (χ0v) is 14.9. The minimum Gasteiger partial charge on any atom is -0.467 e. The van der Waals surface area contributed by atoms with Crippen LogP contribution in [0.1, 0.15) is 40.6 Å². The number of aryl methyl sites for hydroxylation is 1. The van der Waals surface area contributed by atoms with Crippen molar-refractivity contribution in [2.24, 2.45) is 0 Å². The van der Waals surface area contributed by atoms with E-state index in [9.17, 15) is 9.59 Å². The summed E-state index contributed by atoms with van der Waals surface area (Å²) in [6.07, 6.45) is 2.34. The first-order chi connectivity index (χ1) is 12.5. The highest BCUT2D eigenvalue weighted by atomic mass is 16.5. The number of hydrogen-bond acceptors (Lipinski definition) is 5. The van der Waals surface area contributed by atoms with Crippen LogP contribution < -0.4 is 5.56 Å². The molecule has 136 valence electrons. The van der Waals surface area contributed by atoms with Crippen LogP contribution in [0.15, 0.2) is 27.6 Å². The average molecular weight is 355 g/mol. The zero-order chi connectivity index (χ0) is 18.7. The van der Waals surface area contributed by atoms with Gasteiger partial charge in [-0.2, -0.15) is 5.26 Å². The number of aromatic amines is 1. The number of hydrogen-bond donors (Lipinski definition) is 1. The maximum atomic E-state index is 12.8. The molecule has 1 aliphatic heterocycles. The van der Waals surface area contributed by atoms with Gasteiger partial charge < -0.3 is 19.0 Å². The Bertz CT molecular complexity index is 893. The first-order valence-electron chi connectivity index (χ1n) is 8.56. The number of ether oxygens (including phenoxy) is 1. The highest BCUT2D eigenvalue weighted by molar-refractivity contribution is 5.77. The standard InChI is InChI=1S/C19H21N3O4/c1-12-14(13(2)21-19(24)15(12)10-20)5-6-18(23)22-7-9-25-11-16(22)17-4-3-8-26-17/h3-4,8,16H,5-7,9,11H2,1-2H3,(H,21,24). The van der Waals surface area contributed by atoms with E-state index in [0.29, 0.717) is 43.2 Å². The van der Waals surface area contributed by atoms with Gasteiger partial charge in [0.05, 0.1) is 19.5 Å². The Morgan fingerprint density at radius 1 is 1.46 bits per heavy atom. The summed E-state index contributed by atoms with van der Waals surface area (Å²) in [6, 6.07) is 5.35. The molecule has 1 atom stereocenters. The molecule has 0 bridgehead atoms. The molecule has 1 amide bonds. The maximum Gasteiger partial charge on any atom is 0.266 e. The third kappa shape index (κ3) is 3.41. The van der Waals surface area contributed by atoms with Crippen molar-refractivity contribution >= 4 is 5.91 Å². The summed E-state index contributed by atoms with van der Waals surface area (Å²) in [5.74, 6) is 0.708. The number of aromatic nitrogens is 1.